The van der Waals surface area contributed by atoms with E-state index in [2.05, 4.69) is 5.43 Å². The van der Waals surface area contributed by atoms with Crippen molar-refractivity contribution in [2.45, 2.75) is 31.7 Å². The van der Waals surface area contributed by atoms with Crippen LogP contribution in [0, 0.1) is 11.6 Å². The van der Waals surface area contributed by atoms with Gasteiger partial charge in [0, 0.05) is 20.8 Å². The molecule has 2 aliphatic heterocycles. The minimum Gasteiger partial charge on any atom is -0.443 e. The second kappa shape index (κ2) is 15.9. The normalized spacial score (nSPS) is 17.7. The summed E-state index contributed by atoms with van der Waals surface area (Å²) < 4.78 is 41.5. The summed E-state index contributed by atoms with van der Waals surface area (Å²) in [6.45, 7) is 1.81. The van der Waals surface area contributed by atoms with Crippen molar-refractivity contribution < 1.29 is 37.4 Å². The Kier molecular flexibility index (Phi) is 11.8. The van der Waals surface area contributed by atoms with Gasteiger partial charge in [-0.1, -0.05) is 54.6 Å². The summed E-state index contributed by atoms with van der Waals surface area (Å²) >= 11 is 0. The van der Waals surface area contributed by atoms with E-state index in [0.29, 0.717) is 18.7 Å². The molecule has 2 saturated heterocycles. The van der Waals surface area contributed by atoms with Crippen molar-refractivity contribution in [3.05, 3.63) is 107 Å². The van der Waals surface area contributed by atoms with Crippen LogP contribution in [0.5, 0.6) is 0 Å². The number of halogens is 2. The Bertz CT molecular complexity index is 1380. The van der Waals surface area contributed by atoms with E-state index in [1.54, 1.807) is 36.4 Å². The number of carbonyl (C=O) groups excluding carboxylic acids is 3. The fourth-order valence-corrected chi connectivity index (χ4v) is 4.63. The molecule has 2 unspecified atom stereocenters. The maximum atomic E-state index is 13.0. The highest BCUT2D eigenvalue weighted by Crippen LogP contribution is 2.18. The third-order valence-corrected chi connectivity index (χ3v) is 7.15. The zero-order valence-electron chi connectivity index (χ0n) is 24.7. The lowest BCUT2D eigenvalue weighted by Crippen LogP contribution is -2.45. The summed E-state index contributed by atoms with van der Waals surface area (Å²) in [6, 6.07) is 21.0. The number of benzene rings is 3. The van der Waals surface area contributed by atoms with E-state index in [1.165, 1.54) is 41.4 Å². The van der Waals surface area contributed by atoms with Crippen LogP contribution in [-0.2, 0) is 43.2 Å². The van der Waals surface area contributed by atoms with E-state index in [-0.39, 0.29) is 68.2 Å². The molecule has 5 rings (SSSR count). The van der Waals surface area contributed by atoms with E-state index in [4.69, 9.17) is 14.2 Å². The number of hydrogen-bond acceptors (Lipinski definition) is 7. The van der Waals surface area contributed by atoms with Crippen LogP contribution in [0.2, 0.25) is 0 Å². The molecule has 3 aromatic rings. The first kappa shape index (κ1) is 32.5. The smallest absolute Gasteiger partial charge is 0.429 e. The van der Waals surface area contributed by atoms with Crippen LogP contribution in [0.4, 0.5) is 13.6 Å². The average molecular weight is 611 g/mol. The molecule has 0 aromatic heterocycles. The van der Waals surface area contributed by atoms with Crippen molar-refractivity contribution in [1.29, 1.82) is 0 Å². The van der Waals surface area contributed by atoms with Crippen LogP contribution < -0.4 is 5.43 Å². The number of nitrogens with one attached hydrogen (secondary N) is 1. The lowest BCUT2D eigenvalue weighted by atomic mass is 10.1. The highest BCUT2D eigenvalue weighted by Gasteiger charge is 2.37. The number of nitrogens with zero attached hydrogens (tertiary/aromatic N) is 3. The third-order valence-electron chi connectivity index (χ3n) is 7.15. The van der Waals surface area contributed by atoms with Crippen LogP contribution >= 0.6 is 0 Å². The van der Waals surface area contributed by atoms with Gasteiger partial charge in [0.2, 0.25) is 11.8 Å². The van der Waals surface area contributed by atoms with Crippen LogP contribution in [-0.4, -0.2) is 85.5 Å². The van der Waals surface area contributed by atoms with E-state index in [9.17, 15) is 23.2 Å². The number of hydrazine groups is 2. The van der Waals surface area contributed by atoms with E-state index < -0.39 is 6.09 Å². The zero-order valence-corrected chi connectivity index (χ0v) is 24.7. The Hall–Kier alpha value is -4.39. The summed E-state index contributed by atoms with van der Waals surface area (Å²) in [4.78, 5) is 37.0. The predicted molar refractivity (Wildman–Crippen MR) is 157 cm³/mol. The summed E-state index contributed by atoms with van der Waals surface area (Å²) in [5, 5.41) is 4.16. The van der Waals surface area contributed by atoms with Crippen molar-refractivity contribution in [1.82, 2.24) is 20.5 Å². The molecule has 3 aromatic carbocycles. The predicted octanol–water partition coefficient (Wildman–Crippen LogP) is 3.51. The second-order valence-electron chi connectivity index (χ2n) is 10.3. The first-order valence-corrected chi connectivity index (χ1v) is 14.1. The highest BCUT2D eigenvalue weighted by atomic mass is 19.1. The zero-order chi connectivity index (χ0) is 31.5. The SMILES string of the molecule is COC1CN(C(=O)Cc2ccc(F)cc2)N(C(=O)OCc2ccccc2)C1.COC1CNN(C(=O)Cc2ccc(F)cc2)C1. The average Bonchev–Trinajstić information content (AvgIpc) is 3.71. The second-order valence-corrected chi connectivity index (χ2v) is 10.3. The van der Waals surface area contributed by atoms with Gasteiger partial charge in [0.1, 0.15) is 18.2 Å². The molecule has 12 heteroatoms. The van der Waals surface area contributed by atoms with Gasteiger partial charge in [0.05, 0.1) is 44.7 Å². The molecule has 44 heavy (non-hydrogen) atoms. The van der Waals surface area contributed by atoms with Gasteiger partial charge in [0.25, 0.3) is 0 Å². The Morgan fingerprint density at radius 2 is 1.25 bits per heavy atom. The number of rotatable bonds is 8. The molecule has 0 bridgehead atoms. The molecule has 1 N–H and O–H groups in total. The number of ether oxygens (including phenoxy) is 3. The van der Waals surface area contributed by atoms with E-state index in [0.717, 1.165) is 11.1 Å². The van der Waals surface area contributed by atoms with Crippen LogP contribution in [0.15, 0.2) is 78.9 Å². The molecule has 10 nitrogen and oxygen atoms in total. The number of hydrogen-bond donors (Lipinski definition) is 1. The third kappa shape index (κ3) is 9.30. The van der Waals surface area contributed by atoms with Gasteiger partial charge >= 0.3 is 6.09 Å². The molecule has 0 spiro atoms. The summed E-state index contributed by atoms with van der Waals surface area (Å²) in [6.07, 6.45) is -0.521. The van der Waals surface area contributed by atoms with Crippen molar-refractivity contribution in [2.75, 3.05) is 40.4 Å². The Morgan fingerprint density at radius 1 is 0.705 bits per heavy atom. The fourth-order valence-electron chi connectivity index (χ4n) is 4.63. The van der Waals surface area contributed by atoms with Crippen molar-refractivity contribution in [3.63, 3.8) is 0 Å². The van der Waals surface area contributed by atoms with Crippen LogP contribution in [0.3, 0.4) is 0 Å². The van der Waals surface area contributed by atoms with Crippen LogP contribution in [0.25, 0.3) is 0 Å². The lowest BCUT2D eigenvalue weighted by molar-refractivity contribution is -0.141. The topological polar surface area (TPSA) is 101 Å². The van der Waals surface area contributed by atoms with Gasteiger partial charge in [-0.3, -0.25) is 14.6 Å². The molecule has 0 aliphatic carbocycles. The summed E-state index contributed by atoms with van der Waals surface area (Å²) in [7, 11) is 3.16. The summed E-state index contributed by atoms with van der Waals surface area (Å²) in [5.74, 6) is -0.966. The van der Waals surface area contributed by atoms with Gasteiger partial charge in [0.15, 0.2) is 0 Å². The summed E-state index contributed by atoms with van der Waals surface area (Å²) in [5.41, 5.74) is 5.30. The van der Waals surface area contributed by atoms with Gasteiger partial charge < -0.3 is 14.2 Å². The molecule has 2 heterocycles. The largest absolute Gasteiger partial charge is 0.443 e. The highest BCUT2D eigenvalue weighted by molar-refractivity contribution is 5.82. The molecule has 234 valence electrons. The Balaban J connectivity index is 0.000000223. The molecule has 2 fully saturated rings. The number of amides is 3. The molecule has 2 aliphatic rings. The number of methoxy groups -OCH3 is 2. The Morgan fingerprint density at radius 3 is 1.80 bits per heavy atom. The molecule has 3 amide bonds. The van der Waals surface area contributed by atoms with Crippen molar-refractivity contribution >= 4 is 17.9 Å². The van der Waals surface area contributed by atoms with E-state index >= 15 is 0 Å². The molecule has 0 saturated carbocycles. The first-order valence-electron chi connectivity index (χ1n) is 14.1. The van der Waals surface area contributed by atoms with Crippen LogP contribution in [0.1, 0.15) is 16.7 Å². The van der Waals surface area contributed by atoms with Gasteiger partial charge in [-0.15, -0.1) is 0 Å². The Labute approximate surface area is 255 Å². The van der Waals surface area contributed by atoms with Gasteiger partial charge in [-0.2, -0.15) is 0 Å². The molecular formula is C32H36F2N4O6. The quantitative estimate of drug-likeness (QED) is 0.417. The fraction of sp³-hybridized carbons (Fsp3) is 0.344. The van der Waals surface area contributed by atoms with Gasteiger partial charge in [-0.25, -0.2) is 29.0 Å². The molecule has 2 atom stereocenters. The first-order chi connectivity index (χ1) is 21.2. The van der Waals surface area contributed by atoms with Crippen molar-refractivity contribution in [2.24, 2.45) is 0 Å². The standard InChI is InChI=1S/C20H21FN2O4.C12H15FN2O2/c1-26-18-12-22(19(24)11-15-7-9-17(21)10-8-15)23(13-18)20(25)27-14-16-5-3-2-4-6-16;1-17-11-7-14-15(8-11)12(16)6-9-2-4-10(13)5-3-9/h2-10,18H,11-14H2,1H3;2-5,11,14H,6-8H2,1H3. The molecule has 0 radical (unpaired) electrons. The number of carbonyl (C=O) groups is 3. The molecular weight excluding hydrogens is 574 g/mol. The lowest BCUT2D eigenvalue weighted by Gasteiger charge is -2.26. The maximum Gasteiger partial charge on any atom is 0.429 e. The maximum absolute atomic E-state index is 13.0. The minimum absolute atomic E-state index is 0.0313. The van der Waals surface area contributed by atoms with E-state index in [1.807, 2.05) is 30.3 Å². The van der Waals surface area contributed by atoms with Crippen molar-refractivity contribution in [3.8, 4) is 0 Å². The minimum atomic E-state index is -0.606. The van der Waals surface area contributed by atoms with Gasteiger partial charge in [-0.05, 0) is 41.0 Å². The monoisotopic (exact) mass is 610 g/mol.